The molecular weight excluding hydrogens is 206 g/mol. The first-order valence-electron chi connectivity index (χ1n) is 4.91. The SMILES string of the molecule is Cn1ccnc1Cc1nccn1CC(N)=O. The molecule has 0 aliphatic rings. The molecule has 0 saturated carbocycles. The van der Waals surface area contributed by atoms with E-state index in [9.17, 15) is 4.79 Å². The molecule has 0 aromatic carbocycles. The van der Waals surface area contributed by atoms with Crippen molar-refractivity contribution in [2.45, 2.75) is 13.0 Å². The topological polar surface area (TPSA) is 78.7 Å². The van der Waals surface area contributed by atoms with Gasteiger partial charge in [-0.2, -0.15) is 0 Å². The molecule has 0 spiro atoms. The van der Waals surface area contributed by atoms with Gasteiger partial charge in [-0.05, 0) is 0 Å². The third-order valence-corrected chi connectivity index (χ3v) is 2.37. The zero-order valence-electron chi connectivity index (χ0n) is 9.00. The van der Waals surface area contributed by atoms with Crippen molar-refractivity contribution < 1.29 is 4.79 Å². The highest BCUT2D eigenvalue weighted by Crippen LogP contribution is 2.05. The molecule has 84 valence electrons. The van der Waals surface area contributed by atoms with Crippen LogP contribution in [0.5, 0.6) is 0 Å². The Labute approximate surface area is 92.7 Å². The molecule has 2 aromatic heterocycles. The van der Waals surface area contributed by atoms with Gasteiger partial charge in [0.2, 0.25) is 5.91 Å². The number of amides is 1. The van der Waals surface area contributed by atoms with E-state index in [1.54, 1.807) is 23.2 Å². The van der Waals surface area contributed by atoms with Gasteiger partial charge in [-0.25, -0.2) is 9.97 Å². The van der Waals surface area contributed by atoms with Crippen molar-refractivity contribution in [3.63, 3.8) is 0 Å². The highest BCUT2D eigenvalue weighted by molar-refractivity contribution is 5.73. The Morgan fingerprint density at radius 3 is 2.62 bits per heavy atom. The number of hydrogen-bond donors (Lipinski definition) is 1. The Morgan fingerprint density at radius 2 is 2.00 bits per heavy atom. The second-order valence-electron chi connectivity index (χ2n) is 3.57. The van der Waals surface area contributed by atoms with Gasteiger partial charge in [0.25, 0.3) is 0 Å². The second kappa shape index (κ2) is 4.18. The van der Waals surface area contributed by atoms with Gasteiger partial charge in [0.05, 0.1) is 6.42 Å². The van der Waals surface area contributed by atoms with Crippen molar-refractivity contribution in [2.75, 3.05) is 0 Å². The summed E-state index contributed by atoms with van der Waals surface area (Å²) < 4.78 is 3.65. The maximum Gasteiger partial charge on any atom is 0.237 e. The molecule has 16 heavy (non-hydrogen) atoms. The molecule has 0 radical (unpaired) electrons. The lowest BCUT2D eigenvalue weighted by atomic mass is 10.3. The number of primary amides is 1. The molecule has 0 aliphatic heterocycles. The molecule has 0 unspecified atom stereocenters. The highest BCUT2D eigenvalue weighted by atomic mass is 16.1. The highest BCUT2D eigenvalue weighted by Gasteiger charge is 2.08. The number of aryl methyl sites for hydroxylation is 1. The predicted octanol–water partition coefficient (Wildman–Crippen LogP) is -0.307. The van der Waals surface area contributed by atoms with Crippen molar-refractivity contribution in [1.82, 2.24) is 19.1 Å². The molecule has 2 aromatic rings. The van der Waals surface area contributed by atoms with E-state index in [2.05, 4.69) is 9.97 Å². The normalized spacial score (nSPS) is 10.6. The zero-order valence-corrected chi connectivity index (χ0v) is 9.00. The van der Waals surface area contributed by atoms with Gasteiger partial charge < -0.3 is 14.9 Å². The smallest absolute Gasteiger partial charge is 0.237 e. The van der Waals surface area contributed by atoms with Gasteiger partial charge in [-0.3, -0.25) is 4.79 Å². The minimum absolute atomic E-state index is 0.153. The van der Waals surface area contributed by atoms with Gasteiger partial charge in [-0.1, -0.05) is 0 Å². The van der Waals surface area contributed by atoms with Crippen LogP contribution in [0.2, 0.25) is 0 Å². The summed E-state index contributed by atoms with van der Waals surface area (Å²) in [6, 6.07) is 0. The van der Waals surface area contributed by atoms with Crippen molar-refractivity contribution >= 4 is 5.91 Å². The number of rotatable bonds is 4. The van der Waals surface area contributed by atoms with Crippen LogP contribution in [-0.2, 0) is 24.8 Å². The molecule has 2 rings (SSSR count). The van der Waals surface area contributed by atoms with Gasteiger partial charge in [0.15, 0.2) is 0 Å². The maximum absolute atomic E-state index is 10.8. The molecule has 2 N–H and O–H groups in total. The fourth-order valence-corrected chi connectivity index (χ4v) is 1.53. The van der Waals surface area contributed by atoms with E-state index in [1.807, 2.05) is 17.8 Å². The molecule has 6 nitrogen and oxygen atoms in total. The van der Waals surface area contributed by atoms with Gasteiger partial charge in [0, 0.05) is 31.8 Å². The summed E-state index contributed by atoms with van der Waals surface area (Å²) in [7, 11) is 1.92. The Kier molecular flexibility index (Phi) is 2.72. The molecular formula is C10H13N5O. The first kappa shape index (κ1) is 10.4. The van der Waals surface area contributed by atoms with Crippen molar-refractivity contribution in [1.29, 1.82) is 0 Å². The molecule has 0 saturated heterocycles. The zero-order chi connectivity index (χ0) is 11.5. The van der Waals surface area contributed by atoms with E-state index in [-0.39, 0.29) is 12.5 Å². The summed E-state index contributed by atoms with van der Waals surface area (Å²) in [6.07, 6.45) is 7.58. The predicted molar refractivity (Wildman–Crippen MR) is 57.4 cm³/mol. The van der Waals surface area contributed by atoms with Crippen LogP contribution in [0.15, 0.2) is 24.8 Å². The summed E-state index contributed by atoms with van der Waals surface area (Å²) >= 11 is 0. The van der Waals surface area contributed by atoms with Gasteiger partial charge in [0.1, 0.15) is 18.2 Å². The quantitative estimate of drug-likeness (QED) is 0.766. The van der Waals surface area contributed by atoms with E-state index < -0.39 is 0 Å². The monoisotopic (exact) mass is 219 g/mol. The molecule has 0 fully saturated rings. The van der Waals surface area contributed by atoms with Crippen LogP contribution >= 0.6 is 0 Å². The third kappa shape index (κ3) is 2.10. The van der Waals surface area contributed by atoms with E-state index in [1.165, 1.54) is 0 Å². The Morgan fingerprint density at radius 1 is 1.31 bits per heavy atom. The van der Waals surface area contributed by atoms with E-state index in [4.69, 9.17) is 5.73 Å². The third-order valence-electron chi connectivity index (χ3n) is 2.37. The largest absolute Gasteiger partial charge is 0.368 e. The minimum atomic E-state index is -0.376. The standard InChI is InChI=1S/C10H13N5O/c1-14-4-2-12-9(14)6-10-13-3-5-15(10)7-8(11)16/h2-5H,6-7H2,1H3,(H2,11,16). The van der Waals surface area contributed by atoms with Crippen LogP contribution in [0.1, 0.15) is 11.6 Å². The van der Waals surface area contributed by atoms with Gasteiger partial charge >= 0.3 is 0 Å². The number of carbonyl (C=O) groups is 1. The average Bonchev–Trinajstić information content (AvgIpc) is 2.78. The van der Waals surface area contributed by atoms with E-state index in [0.29, 0.717) is 6.42 Å². The van der Waals surface area contributed by atoms with Gasteiger partial charge in [-0.15, -0.1) is 0 Å². The van der Waals surface area contributed by atoms with Crippen molar-refractivity contribution in [2.24, 2.45) is 12.8 Å². The lowest BCUT2D eigenvalue weighted by Crippen LogP contribution is -2.20. The van der Waals surface area contributed by atoms with Crippen LogP contribution < -0.4 is 5.73 Å². The van der Waals surface area contributed by atoms with Crippen LogP contribution in [0.25, 0.3) is 0 Å². The lowest BCUT2D eigenvalue weighted by molar-refractivity contribution is -0.118. The summed E-state index contributed by atoms with van der Waals surface area (Å²) in [5.74, 6) is 1.31. The van der Waals surface area contributed by atoms with Crippen LogP contribution in [0.4, 0.5) is 0 Å². The van der Waals surface area contributed by atoms with Crippen LogP contribution in [-0.4, -0.2) is 25.0 Å². The number of imidazole rings is 2. The van der Waals surface area contributed by atoms with Crippen LogP contribution in [0.3, 0.4) is 0 Å². The Hall–Kier alpha value is -2.11. The first-order chi connectivity index (χ1) is 7.66. The Balaban J connectivity index is 2.19. The Bertz CT molecular complexity index is 499. The molecule has 2 heterocycles. The number of nitrogens with two attached hydrogens (primary N) is 1. The fourth-order valence-electron chi connectivity index (χ4n) is 1.53. The maximum atomic E-state index is 10.8. The fraction of sp³-hybridized carbons (Fsp3) is 0.300. The average molecular weight is 219 g/mol. The number of carbonyl (C=O) groups excluding carboxylic acids is 1. The summed E-state index contributed by atoms with van der Waals surface area (Å²) in [6.45, 7) is 0.153. The number of hydrogen-bond acceptors (Lipinski definition) is 3. The number of aromatic nitrogens is 4. The number of nitrogens with zero attached hydrogens (tertiary/aromatic N) is 4. The summed E-state index contributed by atoms with van der Waals surface area (Å²) in [4.78, 5) is 19.2. The molecule has 1 amide bonds. The van der Waals surface area contributed by atoms with Crippen molar-refractivity contribution in [3.05, 3.63) is 36.4 Å². The molecule has 0 bridgehead atoms. The first-order valence-corrected chi connectivity index (χ1v) is 4.91. The van der Waals surface area contributed by atoms with E-state index in [0.717, 1.165) is 11.6 Å². The molecule has 6 heteroatoms. The lowest BCUT2D eigenvalue weighted by Gasteiger charge is -2.05. The minimum Gasteiger partial charge on any atom is -0.368 e. The van der Waals surface area contributed by atoms with Crippen molar-refractivity contribution in [3.8, 4) is 0 Å². The van der Waals surface area contributed by atoms with E-state index >= 15 is 0 Å². The summed E-state index contributed by atoms with van der Waals surface area (Å²) in [5.41, 5.74) is 5.15. The van der Waals surface area contributed by atoms with Crippen LogP contribution in [0, 0.1) is 0 Å². The molecule has 0 aliphatic carbocycles. The molecule has 0 atom stereocenters. The second-order valence-corrected chi connectivity index (χ2v) is 3.57. The summed E-state index contributed by atoms with van der Waals surface area (Å²) in [5, 5.41) is 0.